The van der Waals surface area contributed by atoms with Gasteiger partial charge in [0, 0.05) is 15.4 Å². The fourth-order valence-electron chi connectivity index (χ4n) is 2.26. The molecule has 1 fully saturated rings. The SMILES string of the molecule is CNC1CCCC1S(=O)c1ccc(Br)cc1. The Kier molecular flexibility index (Phi) is 4.16. The van der Waals surface area contributed by atoms with Crippen molar-refractivity contribution < 1.29 is 4.21 Å². The van der Waals surface area contributed by atoms with E-state index in [0.717, 1.165) is 22.2 Å². The van der Waals surface area contributed by atoms with Crippen molar-refractivity contribution in [1.29, 1.82) is 0 Å². The fourth-order valence-corrected chi connectivity index (χ4v) is 4.23. The van der Waals surface area contributed by atoms with E-state index in [1.165, 1.54) is 6.42 Å². The predicted octanol–water partition coefficient (Wildman–Crippen LogP) is 2.70. The van der Waals surface area contributed by atoms with Crippen molar-refractivity contribution >= 4 is 26.7 Å². The molecule has 1 saturated carbocycles. The van der Waals surface area contributed by atoms with Crippen LogP contribution in [0.1, 0.15) is 19.3 Å². The molecule has 0 saturated heterocycles. The summed E-state index contributed by atoms with van der Waals surface area (Å²) in [5.41, 5.74) is 0. The summed E-state index contributed by atoms with van der Waals surface area (Å²) >= 11 is 3.39. The van der Waals surface area contributed by atoms with Crippen molar-refractivity contribution in [2.75, 3.05) is 7.05 Å². The second-order valence-corrected chi connectivity index (χ2v) is 6.70. The van der Waals surface area contributed by atoms with Gasteiger partial charge in [-0.15, -0.1) is 0 Å². The van der Waals surface area contributed by atoms with Crippen molar-refractivity contribution in [3.63, 3.8) is 0 Å². The summed E-state index contributed by atoms with van der Waals surface area (Å²) in [4.78, 5) is 0.940. The van der Waals surface area contributed by atoms with Gasteiger partial charge in [-0.2, -0.15) is 0 Å². The molecular weight excluding hydrogens is 286 g/mol. The van der Waals surface area contributed by atoms with Crippen molar-refractivity contribution in [2.45, 2.75) is 35.4 Å². The minimum absolute atomic E-state index is 0.270. The van der Waals surface area contributed by atoms with Crippen LogP contribution >= 0.6 is 15.9 Å². The van der Waals surface area contributed by atoms with Crippen molar-refractivity contribution in [2.24, 2.45) is 0 Å². The molecule has 0 bridgehead atoms. The van der Waals surface area contributed by atoms with Gasteiger partial charge in [-0.25, -0.2) is 0 Å². The van der Waals surface area contributed by atoms with E-state index in [0.29, 0.717) is 6.04 Å². The van der Waals surface area contributed by atoms with Crippen LogP contribution in [0.15, 0.2) is 33.6 Å². The molecule has 1 aromatic rings. The molecule has 1 N–H and O–H groups in total. The first-order valence-electron chi connectivity index (χ1n) is 5.56. The molecule has 2 nitrogen and oxygen atoms in total. The van der Waals surface area contributed by atoms with Crippen molar-refractivity contribution in [1.82, 2.24) is 5.32 Å². The third kappa shape index (κ3) is 2.55. The van der Waals surface area contributed by atoms with Gasteiger partial charge in [-0.05, 0) is 44.2 Å². The summed E-state index contributed by atoms with van der Waals surface area (Å²) in [5.74, 6) is 0. The lowest BCUT2D eigenvalue weighted by atomic mass is 10.2. The summed E-state index contributed by atoms with van der Waals surface area (Å²) in [6, 6.07) is 8.22. The molecule has 4 heteroatoms. The number of halogens is 1. The van der Waals surface area contributed by atoms with E-state index >= 15 is 0 Å². The van der Waals surface area contributed by atoms with Gasteiger partial charge in [0.05, 0.1) is 16.0 Å². The Morgan fingerprint density at radius 3 is 2.62 bits per heavy atom. The van der Waals surface area contributed by atoms with E-state index < -0.39 is 10.8 Å². The van der Waals surface area contributed by atoms with Gasteiger partial charge in [-0.3, -0.25) is 4.21 Å². The zero-order chi connectivity index (χ0) is 11.5. The fraction of sp³-hybridized carbons (Fsp3) is 0.500. The van der Waals surface area contributed by atoms with Gasteiger partial charge in [-0.1, -0.05) is 22.4 Å². The zero-order valence-corrected chi connectivity index (χ0v) is 11.7. The highest BCUT2D eigenvalue weighted by atomic mass is 79.9. The van der Waals surface area contributed by atoms with Crippen molar-refractivity contribution in [3.05, 3.63) is 28.7 Å². The van der Waals surface area contributed by atoms with Crippen LogP contribution in [0.2, 0.25) is 0 Å². The highest BCUT2D eigenvalue weighted by Gasteiger charge is 2.31. The van der Waals surface area contributed by atoms with E-state index in [2.05, 4.69) is 21.2 Å². The average molecular weight is 302 g/mol. The van der Waals surface area contributed by atoms with Gasteiger partial charge in [0.1, 0.15) is 0 Å². The maximum Gasteiger partial charge on any atom is 0.0576 e. The monoisotopic (exact) mass is 301 g/mol. The van der Waals surface area contributed by atoms with E-state index in [-0.39, 0.29) is 5.25 Å². The quantitative estimate of drug-likeness (QED) is 0.930. The summed E-state index contributed by atoms with van der Waals surface area (Å²) in [6.07, 6.45) is 3.38. The third-order valence-corrected chi connectivity index (χ3v) is 5.52. The van der Waals surface area contributed by atoms with Crippen LogP contribution in [0, 0.1) is 0 Å². The van der Waals surface area contributed by atoms with Gasteiger partial charge >= 0.3 is 0 Å². The molecule has 0 radical (unpaired) electrons. The second kappa shape index (κ2) is 5.43. The summed E-state index contributed by atoms with van der Waals surface area (Å²) in [5, 5.41) is 3.54. The van der Waals surface area contributed by atoms with Crippen molar-refractivity contribution in [3.8, 4) is 0 Å². The molecule has 16 heavy (non-hydrogen) atoms. The molecule has 0 aliphatic heterocycles. The first-order valence-corrected chi connectivity index (χ1v) is 7.56. The van der Waals surface area contributed by atoms with Crippen LogP contribution in [0.5, 0.6) is 0 Å². The molecule has 0 amide bonds. The van der Waals surface area contributed by atoms with E-state index in [4.69, 9.17) is 0 Å². The lowest BCUT2D eigenvalue weighted by Gasteiger charge is -2.18. The summed E-state index contributed by atoms with van der Waals surface area (Å²) in [6.45, 7) is 0. The molecule has 0 aromatic heterocycles. The maximum atomic E-state index is 12.4. The van der Waals surface area contributed by atoms with Crippen LogP contribution in [0.4, 0.5) is 0 Å². The lowest BCUT2D eigenvalue weighted by Crippen LogP contribution is -2.35. The highest BCUT2D eigenvalue weighted by Crippen LogP contribution is 2.27. The Bertz CT molecular complexity index is 379. The Labute approximate surface area is 107 Å². The van der Waals surface area contributed by atoms with E-state index in [1.54, 1.807) is 0 Å². The standard InChI is InChI=1S/C12H16BrNOS/c1-14-11-3-2-4-12(11)16(15)10-7-5-9(13)6-8-10/h5-8,11-12,14H,2-4H2,1H3. The first kappa shape index (κ1) is 12.3. The number of nitrogens with one attached hydrogen (secondary N) is 1. The molecular formula is C12H16BrNOS. The zero-order valence-electron chi connectivity index (χ0n) is 9.28. The Morgan fingerprint density at radius 2 is 2.00 bits per heavy atom. The number of hydrogen-bond acceptors (Lipinski definition) is 2. The van der Waals surface area contributed by atoms with E-state index in [1.807, 2.05) is 31.3 Å². The Balaban J connectivity index is 2.15. The minimum Gasteiger partial charge on any atom is -0.316 e. The molecule has 1 aromatic carbocycles. The Morgan fingerprint density at radius 1 is 1.31 bits per heavy atom. The maximum absolute atomic E-state index is 12.4. The van der Waals surface area contributed by atoms with Crippen LogP contribution in [-0.4, -0.2) is 22.5 Å². The van der Waals surface area contributed by atoms with Crippen LogP contribution in [-0.2, 0) is 10.8 Å². The molecule has 0 heterocycles. The average Bonchev–Trinajstić information content (AvgIpc) is 2.77. The van der Waals surface area contributed by atoms with E-state index in [9.17, 15) is 4.21 Å². The molecule has 1 aliphatic rings. The van der Waals surface area contributed by atoms with Gasteiger partial charge < -0.3 is 5.32 Å². The van der Waals surface area contributed by atoms with Crippen LogP contribution in [0.3, 0.4) is 0 Å². The minimum atomic E-state index is -0.880. The molecule has 0 spiro atoms. The largest absolute Gasteiger partial charge is 0.316 e. The molecule has 3 atom stereocenters. The lowest BCUT2D eigenvalue weighted by molar-refractivity contribution is 0.576. The second-order valence-electron chi connectivity index (χ2n) is 4.12. The number of benzene rings is 1. The van der Waals surface area contributed by atoms with Gasteiger partial charge in [0.15, 0.2) is 0 Å². The Hall–Kier alpha value is -0.190. The molecule has 88 valence electrons. The topological polar surface area (TPSA) is 29.1 Å². The highest BCUT2D eigenvalue weighted by molar-refractivity contribution is 9.10. The smallest absolute Gasteiger partial charge is 0.0576 e. The summed E-state index contributed by atoms with van der Waals surface area (Å²) < 4.78 is 13.4. The van der Waals surface area contributed by atoms with Gasteiger partial charge in [0.2, 0.25) is 0 Å². The van der Waals surface area contributed by atoms with Crippen LogP contribution in [0.25, 0.3) is 0 Å². The molecule has 3 unspecified atom stereocenters. The summed E-state index contributed by atoms with van der Waals surface area (Å²) in [7, 11) is 1.08. The van der Waals surface area contributed by atoms with Crippen LogP contribution < -0.4 is 5.32 Å². The molecule has 2 rings (SSSR count). The number of hydrogen-bond donors (Lipinski definition) is 1. The molecule has 1 aliphatic carbocycles. The van der Waals surface area contributed by atoms with Gasteiger partial charge in [0.25, 0.3) is 0 Å². The number of rotatable bonds is 3. The first-order chi connectivity index (χ1) is 7.72. The third-order valence-electron chi connectivity index (χ3n) is 3.14. The normalized spacial score (nSPS) is 26.9. The predicted molar refractivity (Wildman–Crippen MR) is 71.0 cm³/mol.